The lowest BCUT2D eigenvalue weighted by Crippen LogP contribution is -2.13. The molecule has 6 heteroatoms. The van der Waals surface area contributed by atoms with Crippen LogP contribution in [0.2, 0.25) is 5.02 Å². The van der Waals surface area contributed by atoms with Crippen molar-refractivity contribution in [2.75, 3.05) is 0 Å². The zero-order valence-corrected chi connectivity index (χ0v) is 8.89. The van der Waals surface area contributed by atoms with E-state index in [2.05, 4.69) is 15.5 Å². The fourth-order valence-corrected chi connectivity index (χ4v) is 1.37. The number of hydrogen-bond donors (Lipinski definition) is 1. The molecule has 1 aromatic carbocycles. The molecule has 0 bridgehead atoms. The first kappa shape index (κ1) is 10.1. The highest BCUT2D eigenvalue weighted by Gasteiger charge is 2.11. The SMILES string of the molecule is CC(N)c1nnnn1-c1ccc(Cl)cc1. The van der Waals surface area contributed by atoms with Gasteiger partial charge in [0.25, 0.3) is 0 Å². The largest absolute Gasteiger partial charge is 0.321 e. The minimum atomic E-state index is -0.212. The van der Waals surface area contributed by atoms with Gasteiger partial charge in [-0.3, -0.25) is 0 Å². The van der Waals surface area contributed by atoms with Crippen LogP contribution in [0.5, 0.6) is 0 Å². The number of aromatic nitrogens is 4. The van der Waals surface area contributed by atoms with Crippen molar-refractivity contribution >= 4 is 11.6 Å². The van der Waals surface area contributed by atoms with Crippen LogP contribution >= 0.6 is 11.6 Å². The van der Waals surface area contributed by atoms with Crippen molar-refractivity contribution in [2.45, 2.75) is 13.0 Å². The van der Waals surface area contributed by atoms with Crippen LogP contribution in [0.4, 0.5) is 0 Å². The molecule has 1 unspecified atom stereocenters. The van der Waals surface area contributed by atoms with Gasteiger partial charge < -0.3 is 5.73 Å². The summed E-state index contributed by atoms with van der Waals surface area (Å²) in [5, 5.41) is 12.0. The molecular weight excluding hydrogens is 214 g/mol. The van der Waals surface area contributed by atoms with E-state index in [1.165, 1.54) is 0 Å². The first-order chi connectivity index (χ1) is 7.18. The van der Waals surface area contributed by atoms with E-state index in [1.54, 1.807) is 16.8 Å². The summed E-state index contributed by atoms with van der Waals surface area (Å²) in [6, 6.07) is 7.03. The number of nitrogens with zero attached hydrogens (tertiary/aromatic N) is 4. The standard InChI is InChI=1S/C9H10ClN5/c1-6(11)9-12-13-14-15(9)8-4-2-7(10)3-5-8/h2-6H,11H2,1H3. The number of hydrogen-bond acceptors (Lipinski definition) is 4. The Kier molecular flexibility index (Phi) is 2.66. The molecule has 0 aliphatic rings. The van der Waals surface area contributed by atoms with Gasteiger partial charge in [0.15, 0.2) is 5.82 Å². The molecule has 1 atom stereocenters. The highest BCUT2D eigenvalue weighted by atomic mass is 35.5. The molecular formula is C9H10ClN5. The average Bonchev–Trinajstić information content (AvgIpc) is 2.67. The van der Waals surface area contributed by atoms with Gasteiger partial charge >= 0.3 is 0 Å². The smallest absolute Gasteiger partial charge is 0.173 e. The minimum Gasteiger partial charge on any atom is -0.321 e. The molecule has 0 saturated heterocycles. The molecule has 0 fully saturated rings. The summed E-state index contributed by atoms with van der Waals surface area (Å²) in [7, 11) is 0. The van der Waals surface area contributed by atoms with E-state index in [0.717, 1.165) is 5.69 Å². The Morgan fingerprint density at radius 1 is 1.33 bits per heavy atom. The second-order valence-corrected chi connectivity index (χ2v) is 3.65. The van der Waals surface area contributed by atoms with Crippen LogP contribution in [0.15, 0.2) is 24.3 Å². The lowest BCUT2D eigenvalue weighted by molar-refractivity contribution is 0.688. The van der Waals surface area contributed by atoms with Crippen LogP contribution in [0.1, 0.15) is 18.8 Å². The van der Waals surface area contributed by atoms with Gasteiger partial charge in [-0.05, 0) is 41.6 Å². The van der Waals surface area contributed by atoms with E-state index >= 15 is 0 Å². The van der Waals surface area contributed by atoms with Gasteiger partial charge in [-0.1, -0.05) is 11.6 Å². The fraction of sp³-hybridized carbons (Fsp3) is 0.222. The molecule has 5 nitrogen and oxygen atoms in total. The molecule has 2 N–H and O–H groups in total. The van der Waals surface area contributed by atoms with Crippen LogP contribution < -0.4 is 5.73 Å². The third-order valence-corrected chi connectivity index (χ3v) is 2.22. The summed E-state index contributed by atoms with van der Waals surface area (Å²) in [5.74, 6) is 0.623. The number of nitrogens with two attached hydrogens (primary N) is 1. The predicted molar refractivity (Wildman–Crippen MR) is 56.8 cm³/mol. The van der Waals surface area contributed by atoms with Crippen molar-refractivity contribution in [1.29, 1.82) is 0 Å². The lowest BCUT2D eigenvalue weighted by atomic mass is 10.3. The minimum absolute atomic E-state index is 0.212. The van der Waals surface area contributed by atoms with Crippen LogP contribution in [-0.4, -0.2) is 20.2 Å². The van der Waals surface area contributed by atoms with Gasteiger partial charge in [0.05, 0.1) is 11.7 Å². The normalized spacial score (nSPS) is 12.7. The van der Waals surface area contributed by atoms with E-state index in [4.69, 9.17) is 17.3 Å². The topological polar surface area (TPSA) is 69.6 Å². The molecule has 2 rings (SSSR count). The van der Waals surface area contributed by atoms with Crippen LogP contribution in [0, 0.1) is 0 Å². The van der Waals surface area contributed by atoms with Crippen molar-refractivity contribution < 1.29 is 0 Å². The molecule has 1 heterocycles. The third kappa shape index (κ3) is 1.98. The molecule has 78 valence electrons. The molecule has 0 amide bonds. The maximum absolute atomic E-state index is 5.79. The summed E-state index contributed by atoms with van der Waals surface area (Å²) in [6.07, 6.45) is 0. The van der Waals surface area contributed by atoms with Crippen molar-refractivity contribution in [3.8, 4) is 5.69 Å². The monoisotopic (exact) mass is 223 g/mol. The molecule has 15 heavy (non-hydrogen) atoms. The molecule has 2 aromatic rings. The summed E-state index contributed by atoms with van der Waals surface area (Å²) >= 11 is 5.79. The molecule has 0 radical (unpaired) electrons. The average molecular weight is 224 g/mol. The summed E-state index contributed by atoms with van der Waals surface area (Å²) in [4.78, 5) is 0. The van der Waals surface area contributed by atoms with Gasteiger partial charge in [-0.15, -0.1) is 5.10 Å². The van der Waals surface area contributed by atoms with E-state index in [1.807, 2.05) is 19.1 Å². The van der Waals surface area contributed by atoms with Gasteiger partial charge in [-0.25, -0.2) is 0 Å². The van der Waals surface area contributed by atoms with E-state index in [9.17, 15) is 0 Å². The maximum atomic E-state index is 5.79. The van der Waals surface area contributed by atoms with E-state index in [0.29, 0.717) is 10.8 Å². The zero-order chi connectivity index (χ0) is 10.8. The fourth-order valence-electron chi connectivity index (χ4n) is 1.24. The first-order valence-corrected chi connectivity index (χ1v) is 4.86. The second kappa shape index (κ2) is 3.96. The van der Waals surface area contributed by atoms with Crippen LogP contribution in [-0.2, 0) is 0 Å². The van der Waals surface area contributed by atoms with Crippen molar-refractivity contribution in [3.05, 3.63) is 35.1 Å². The molecule has 1 aromatic heterocycles. The van der Waals surface area contributed by atoms with Gasteiger partial charge in [-0.2, -0.15) is 4.68 Å². The highest BCUT2D eigenvalue weighted by molar-refractivity contribution is 6.30. The second-order valence-electron chi connectivity index (χ2n) is 3.21. The lowest BCUT2D eigenvalue weighted by Gasteiger charge is -2.06. The molecule has 0 saturated carbocycles. The van der Waals surface area contributed by atoms with Crippen molar-refractivity contribution in [2.24, 2.45) is 5.73 Å². The Labute approximate surface area is 91.8 Å². The number of tetrazole rings is 1. The van der Waals surface area contributed by atoms with Gasteiger partial charge in [0, 0.05) is 5.02 Å². The Morgan fingerprint density at radius 3 is 2.60 bits per heavy atom. The van der Waals surface area contributed by atoms with Crippen molar-refractivity contribution in [3.63, 3.8) is 0 Å². The highest BCUT2D eigenvalue weighted by Crippen LogP contribution is 2.15. The predicted octanol–water partition coefficient (Wildman–Crippen LogP) is 1.34. The summed E-state index contributed by atoms with van der Waals surface area (Å²) in [5.41, 5.74) is 6.58. The Balaban J connectivity index is 2.45. The van der Waals surface area contributed by atoms with Crippen LogP contribution in [0.3, 0.4) is 0 Å². The Bertz CT molecular complexity index is 448. The van der Waals surface area contributed by atoms with Gasteiger partial charge in [0.1, 0.15) is 0 Å². The van der Waals surface area contributed by atoms with Crippen molar-refractivity contribution in [1.82, 2.24) is 20.2 Å². The quantitative estimate of drug-likeness (QED) is 0.834. The number of benzene rings is 1. The number of halogens is 1. The maximum Gasteiger partial charge on any atom is 0.173 e. The summed E-state index contributed by atoms with van der Waals surface area (Å²) in [6.45, 7) is 1.83. The third-order valence-electron chi connectivity index (χ3n) is 1.97. The summed E-state index contributed by atoms with van der Waals surface area (Å²) < 4.78 is 1.60. The molecule has 0 aliphatic heterocycles. The molecule has 0 spiro atoms. The van der Waals surface area contributed by atoms with Crippen LogP contribution in [0.25, 0.3) is 5.69 Å². The van der Waals surface area contributed by atoms with Gasteiger partial charge in [0.2, 0.25) is 0 Å². The van der Waals surface area contributed by atoms with E-state index in [-0.39, 0.29) is 6.04 Å². The number of rotatable bonds is 2. The Morgan fingerprint density at radius 2 is 2.00 bits per heavy atom. The first-order valence-electron chi connectivity index (χ1n) is 4.48. The van der Waals surface area contributed by atoms with E-state index < -0.39 is 0 Å². The molecule has 0 aliphatic carbocycles. The zero-order valence-electron chi connectivity index (χ0n) is 8.13. The Hall–Kier alpha value is -1.46.